The van der Waals surface area contributed by atoms with Gasteiger partial charge in [-0.25, -0.2) is 0 Å². The van der Waals surface area contributed by atoms with E-state index in [1.165, 1.54) is 16.9 Å². The Balaban J connectivity index is 2.21. The molecule has 1 saturated carbocycles. The van der Waals surface area contributed by atoms with Gasteiger partial charge in [-0.05, 0) is 42.7 Å². The van der Waals surface area contributed by atoms with Crippen LogP contribution in [0.1, 0.15) is 42.0 Å². The molecule has 0 saturated heterocycles. The third-order valence-corrected chi connectivity index (χ3v) is 4.14. The van der Waals surface area contributed by atoms with Gasteiger partial charge in [-0.2, -0.15) is 0 Å². The van der Waals surface area contributed by atoms with Gasteiger partial charge in [0, 0.05) is 4.88 Å². The molecule has 2 nitrogen and oxygen atoms in total. The maximum atomic E-state index is 11.1. The predicted octanol–water partition coefficient (Wildman–Crippen LogP) is 3.41. The van der Waals surface area contributed by atoms with Crippen LogP contribution in [-0.4, -0.2) is 11.1 Å². The Kier molecular flexibility index (Phi) is 3.10. The van der Waals surface area contributed by atoms with Crippen LogP contribution >= 0.6 is 11.3 Å². The molecule has 3 heteroatoms. The molecule has 15 heavy (non-hydrogen) atoms. The molecule has 0 aromatic carbocycles. The molecule has 1 aromatic rings. The van der Waals surface area contributed by atoms with E-state index in [1.807, 2.05) is 0 Å². The Hall–Kier alpha value is -0.830. The van der Waals surface area contributed by atoms with Gasteiger partial charge < -0.3 is 5.11 Å². The van der Waals surface area contributed by atoms with E-state index in [9.17, 15) is 9.90 Å². The Morgan fingerprint density at radius 2 is 2.20 bits per heavy atom. The van der Waals surface area contributed by atoms with Crippen LogP contribution in [0, 0.1) is 12.8 Å². The summed E-state index contributed by atoms with van der Waals surface area (Å²) in [6.07, 6.45) is 4.11. The van der Waals surface area contributed by atoms with Gasteiger partial charge in [-0.1, -0.05) is 12.8 Å². The first-order valence-electron chi connectivity index (χ1n) is 5.46. The van der Waals surface area contributed by atoms with E-state index in [2.05, 4.69) is 18.4 Å². The quantitative estimate of drug-likeness (QED) is 0.835. The fraction of sp³-hybridized carbons (Fsp3) is 0.583. The number of carboxylic acids is 1. The molecular formula is C12H16O2S. The molecule has 1 N–H and O–H groups in total. The summed E-state index contributed by atoms with van der Waals surface area (Å²) in [6.45, 7) is 2.08. The molecule has 0 radical (unpaired) electrons. The van der Waals surface area contributed by atoms with Crippen LogP contribution in [0.25, 0.3) is 0 Å². The SMILES string of the molecule is Cc1cc(C2CCCCC2C(=O)O)cs1. The van der Waals surface area contributed by atoms with Crippen molar-refractivity contribution >= 4 is 17.3 Å². The van der Waals surface area contributed by atoms with Crippen molar-refractivity contribution in [3.8, 4) is 0 Å². The lowest BCUT2D eigenvalue weighted by molar-refractivity contribution is -0.143. The maximum Gasteiger partial charge on any atom is 0.307 e. The minimum Gasteiger partial charge on any atom is -0.481 e. The average Bonchev–Trinajstić information content (AvgIpc) is 2.65. The molecule has 0 bridgehead atoms. The Bertz CT molecular complexity index is 356. The summed E-state index contributed by atoms with van der Waals surface area (Å²) in [7, 11) is 0. The molecule has 0 amide bonds. The second-order valence-electron chi connectivity index (χ2n) is 4.33. The second kappa shape index (κ2) is 4.35. The van der Waals surface area contributed by atoms with Gasteiger partial charge in [0.15, 0.2) is 0 Å². The van der Waals surface area contributed by atoms with E-state index < -0.39 is 5.97 Å². The van der Waals surface area contributed by atoms with Gasteiger partial charge >= 0.3 is 5.97 Å². The Morgan fingerprint density at radius 1 is 1.47 bits per heavy atom. The fourth-order valence-electron chi connectivity index (χ4n) is 2.48. The Labute approximate surface area is 93.9 Å². The standard InChI is InChI=1S/C12H16O2S/c1-8-6-9(7-15-8)10-4-2-3-5-11(10)12(13)14/h6-7,10-11H,2-5H2,1H3,(H,13,14). The maximum absolute atomic E-state index is 11.1. The van der Waals surface area contributed by atoms with Gasteiger partial charge in [0.25, 0.3) is 0 Å². The highest BCUT2D eigenvalue weighted by atomic mass is 32.1. The number of thiophene rings is 1. The van der Waals surface area contributed by atoms with Crippen LogP contribution in [0.4, 0.5) is 0 Å². The summed E-state index contributed by atoms with van der Waals surface area (Å²) in [5.74, 6) is -0.530. The van der Waals surface area contributed by atoms with Crippen LogP contribution < -0.4 is 0 Å². The van der Waals surface area contributed by atoms with Crippen molar-refractivity contribution in [2.75, 3.05) is 0 Å². The zero-order valence-corrected chi connectivity index (χ0v) is 9.72. The Morgan fingerprint density at radius 3 is 2.80 bits per heavy atom. The van der Waals surface area contributed by atoms with Crippen molar-refractivity contribution in [1.29, 1.82) is 0 Å². The lowest BCUT2D eigenvalue weighted by atomic mass is 9.76. The first-order valence-corrected chi connectivity index (χ1v) is 6.34. The van der Waals surface area contributed by atoms with Crippen LogP contribution in [0.15, 0.2) is 11.4 Å². The van der Waals surface area contributed by atoms with Crippen LogP contribution in [0.5, 0.6) is 0 Å². The van der Waals surface area contributed by atoms with Crippen molar-refractivity contribution in [2.45, 2.75) is 38.5 Å². The lowest BCUT2D eigenvalue weighted by Gasteiger charge is -2.27. The smallest absolute Gasteiger partial charge is 0.307 e. The van der Waals surface area contributed by atoms with Crippen molar-refractivity contribution in [1.82, 2.24) is 0 Å². The lowest BCUT2D eigenvalue weighted by Crippen LogP contribution is -2.25. The van der Waals surface area contributed by atoms with Crippen molar-refractivity contribution < 1.29 is 9.90 Å². The van der Waals surface area contributed by atoms with Gasteiger partial charge in [-0.3, -0.25) is 4.79 Å². The first kappa shape index (κ1) is 10.7. The molecular weight excluding hydrogens is 208 g/mol. The molecule has 1 aromatic heterocycles. The van der Waals surface area contributed by atoms with Crippen molar-refractivity contribution in [2.24, 2.45) is 5.92 Å². The number of rotatable bonds is 2. The van der Waals surface area contributed by atoms with Gasteiger partial charge in [0.2, 0.25) is 0 Å². The van der Waals surface area contributed by atoms with E-state index in [1.54, 1.807) is 11.3 Å². The molecule has 0 aliphatic heterocycles. The highest BCUT2D eigenvalue weighted by Gasteiger charge is 2.32. The monoisotopic (exact) mass is 224 g/mol. The van der Waals surface area contributed by atoms with E-state index in [4.69, 9.17) is 0 Å². The topological polar surface area (TPSA) is 37.3 Å². The van der Waals surface area contributed by atoms with Gasteiger partial charge in [0.05, 0.1) is 5.92 Å². The number of hydrogen-bond acceptors (Lipinski definition) is 2. The van der Waals surface area contributed by atoms with Crippen LogP contribution in [0.2, 0.25) is 0 Å². The fourth-order valence-corrected chi connectivity index (χ4v) is 3.25. The third-order valence-electron chi connectivity index (χ3n) is 3.26. The summed E-state index contributed by atoms with van der Waals surface area (Å²) in [4.78, 5) is 12.4. The average molecular weight is 224 g/mol. The number of hydrogen-bond donors (Lipinski definition) is 1. The number of carbonyl (C=O) groups is 1. The van der Waals surface area contributed by atoms with E-state index in [-0.39, 0.29) is 11.8 Å². The largest absolute Gasteiger partial charge is 0.481 e. The van der Waals surface area contributed by atoms with E-state index >= 15 is 0 Å². The van der Waals surface area contributed by atoms with Crippen molar-refractivity contribution in [3.63, 3.8) is 0 Å². The second-order valence-corrected chi connectivity index (χ2v) is 5.44. The molecule has 1 fully saturated rings. The van der Waals surface area contributed by atoms with Gasteiger partial charge in [0.1, 0.15) is 0 Å². The zero-order chi connectivity index (χ0) is 10.8. The summed E-state index contributed by atoms with van der Waals surface area (Å²) >= 11 is 1.72. The van der Waals surface area contributed by atoms with Crippen LogP contribution in [0.3, 0.4) is 0 Å². The molecule has 2 atom stereocenters. The predicted molar refractivity (Wildman–Crippen MR) is 61.4 cm³/mol. The first-order chi connectivity index (χ1) is 7.18. The molecule has 82 valence electrons. The minimum atomic E-state index is -0.622. The summed E-state index contributed by atoms with van der Waals surface area (Å²) in [5, 5.41) is 11.3. The molecule has 1 aliphatic carbocycles. The summed E-state index contributed by atoms with van der Waals surface area (Å²) in [5.41, 5.74) is 1.24. The summed E-state index contributed by atoms with van der Waals surface area (Å²) < 4.78 is 0. The molecule has 1 heterocycles. The van der Waals surface area contributed by atoms with E-state index in [0.29, 0.717) is 0 Å². The summed E-state index contributed by atoms with van der Waals surface area (Å²) in [6, 6.07) is 2.15. The highest BCUT2D eigenvalue weighted by Crippen LogP contribution is 2.39. The molecule has 2 unspecified atom stereocenters. The number of aryl methyl sites for hydroxylation is 1. The van der Waals surface area contributed by atoms with Gasteiger partial charge in [-0.15, -0.1) is 11.3 Å². The normalized spacial score (nSPS) is 26.5. The minimum absolute atomic E-state index is 0.159. The van der Waals surface area contributed by atoms with E-state index in [0.717, 1.165) is 19.3 Å². The number of aliphatic carboxylic acids is 1. The molecule has 0 spiro atoms. The zero-order valence-electron chi connectivity index (χ0n) is 8.90. The highest BCUT2D eigenvalue weighted by molar-refractivity contribution is 7.10. The van der Waals surface area contributed by atoms with Crippen LogP contribution in [-0.2, 0) is 4.79 Å². The number of carboxylic acid groups (broad SMARTS) is 1. The molecule has 2 rings (SSSR count). The third kappa shape index (κ3) is 2.23. The molecule has 1 aliphatic rings. The van der Waals surface area contributed by atoms with Crippen molar-refractivity contribution in [3.05, 3.63) is 21.9 Å².